The van der Waals surface area contributed by atoms with Gasteiger partial charge < -0.3 is 5.32 Å². The third kappa shape index (κ3) is 4.24. The summed E-state index contributed by atoms with van der Waals surface area (Å²) >= 11 is 3.22. The van der Waals surface area contributed by atoms with Crippen LogP contribution in [0, 0.1) is 0 Å². The number of thiazole rings is 1. The van der Waals surface area contributed by atoms with Crippen molar-refractivity contribution in [2.24, 2.45) is 0 Å². The molecule has 0 aliphatic carbocycles. The van der Waals surface area contributed by atoms with E-state index >= 15 is 0 Å². The number of rotatable bonds is 6. The van der Waals surface area contributed by atoms with Crippen molar-refractivity contribution in [2.75, 3.05) is 5.32 Å². The molecule has 3 aromatic rings. The molecule has 24 heavy (non-hydrogen) atoms. The first-order valence-corrected chi connectivity index (χ1v) is 9.68. The number of aryl methyl sites for hydroxylation is 1. The average Bonchev–Trinajstić information content (AvgIpc) is 3.14. The van der Waals surface area contributed by atoms with Gasteiger partial charge in [0.15, 0.2) is 0 Å². The van der Waals surface area contributed by atoms with Crippen LogP contribution in [0.15, 0.2) is 64.3 Å². The zero-order valence-electron chi connectivity index (χ0n) is 13.4. The van der Waals surface area contributed by atoms with Crippen molar-refractivity contribution in [3.05, 3.63) is 76.2 Å². The van der Waals surface area contributed by atoms with Gasteiger partial charge in [-0.25, -0.2) is 4.98 Å². The molecular formula is C19H18N2OS2. The fraction of sp³-hybridized carbons (Fsp3) is 0.158. The number of carbonyl (C=O) groups excluding carboxylic acids is 1. The topological polar surface area (TPSA) is 42.0 Å². The lowest BCUT2D eigenvalue weighted by Gasteiger charge is -2.10. The minimum atomic E-state index is -0.0828. The predicted octanol–water partition coefficient (Wildman–Crippen LogP) is 5.25. The number of thioether (sulfide) groups is 1. The second-order valence-corrected chi connectivity index (χ2v) is 7.01. The van der Waals surface area contributed by atoms with Gasteiger partial charge in [-0.15, -0.1) is 23.1 Å². The molecule has 3 nitrogen and oxygen atoms in total. The van der Waals surface area contributed by atoms with Crippen LogP contribution in [0.1, 0.15) is 28.5 Å². The monoisotopic (exact) mass is 354 g/mol. The maximum Gasteiger partial charge on any atom is 0.256 e. The van der Waals surface area contributed by atoms with Gasteiger partial charge in [-0.2, -0.15) is 0 Å². The Kier molecular flexibility index (Phi) is 5.67. The Labute approximate surface area is 150 Å². The van der Waals surface area contributed by atoms with E-state index < -0.39 is 0 Å². The molecule has 0 atom stereocenters. The third-order valence-electron chi connectivity index (χ3n) is 3.61. The molecule has 0 saturated carbocycles. The Bertz CT molecular complexity index is 798. The highest BCUT2D eigenvalue weighted by Crippen LogP contribution is 2.27. The summed E-state index contributed by atoms with van der Waals surface area (Å²) in [7, 11) is 0. The number of aromatic nitrogens is 1. The zero-order chi connectivity index (χ0) is 16.8. The van der Waals surface area contributed by atoms with Crippen LogP contribution in [0.3, 0.4) is 0 Å². The largest absolute Gasteiger partial charge is 0.322 e. The lowest BCUT2D eigenvalue weighted by molar-refractivity contribution is 0.102. The fourth-order valence-corrected chi connectivity index (χ4v) is 3.88. The molecule has 0 unspecified atom stereocenters. The molecule has 0 bridgehead atoms. The van der Waals surface area contributed by atoms with Gasteiger partial charge in [0.1, 0.15) is 0 Å². The molecule has 1 amide bonds. The molecule has 3 rings (SSSR count). The first-order valence-electron chi connectivity index (χ1n) is 7.75. The van der Waals surface area contributed by atoms with Crippen molar-refractivity contribution in [2.45, 2.75) is 24.0 Å². The number of amides is 1. The van der Waals surface area contributed by atoms with Gasteiger partial charge in [0.05, 0.1) is 16.8 Å². The Balaban J connectivity index is 1.71. The lowest BCUT2D eigenvalue weighted by atomic mass is 10.1. The number of hydrogen-bond acceptors (Lipinski definition) is 4. The minimum absolute atomic E-state index is 0.0828. The van der Waals surface area contributed by atoms with Crippen LogP contribution < -0.4 is 5.32 Å². The molecule has 0 spiro atoms. The van der Waals surface area contributed by atoms with Crippen LogP contribution in [0.5, 0.6) is 0 Å². The summed E-state index contributed by atoms with van der Waals surface area (Å²) in [6.45, 7) is 2.11. The molecule has 0 fully saturated rings. The molecule has 0 radical (unpaired) electrons. The van der Waals surface area contributed by atoms with E-state index in [0.717, 1.165) is 28.5 Å². The third-order valence-corrected chi connectivity index (χ3v) is 5.35. The first-order chi connectivity index (χ1) is 11.8. The Hall–Kier alpha value is -2.11. The van der Waals surface area contributed by atoms with Gasteiger partial charge in [0.25, 0.3) is 5.91 Å². The van der Waals surface area contributed by atoms with Crippen molar-refractivity contribution in [1.29, 1.82) is 0 Å². The number of anilines is 1. The van der Waals surface area contributed by atoms with E-state index in [1.165, 1.54) is 5.56 Å². The Morgan fingerprint density at radius 1 is 1.17 bits per heavy atom. The molecule has 1 heterocycles. The Morgan fingerprint density at radius 3 is 2.67 bits per heavy atom. The predicted molar refractivity (Wildman–Crippen MR) is 102 cm³/mol. The lowest BCUT2D eigenvalue weighted by Crippen LogP contribution is -2.13. The number of benzene rings is 2. The van der Waals surface area contributed by atoms with E-state index in [0.29, 0.717) is 5.56 Å². The maximum atomic E-state index is 12.6. The summed E-state index contributed by atoms with van der Waals surface area (Å²) in [5, 5.41) is 5.01. The summed E-state index contributed by atoms with van der Waals surface area (Å²) in [5.41, 5.74) is 5.63. The van der Waals surface area contributed by atoms with E-state index in [4.69, 9.17) is 0 Å². The Morgan fingerprint density at radius 2 is 1.96 bits per heavy atom. The molecule has 5 heteroatoms. The van der Waals surface area contributed by atoms with Gasteiger partial charge in [0, 0.05) is 21.7 Å². The van der Waals surface area contributed by atoms with Gasteiger partial charge in [-0.1, -0.05) is 31.2 Å². The quantitative estimate of drug-likeness (QED) is 0.615. The van der Waals surface area contributed by atoms with Crippen LogP contribution in [-0.2, 0) is 12.2 Å². The minimum Gasteiger partial charge on any atom is -0.322 e. The average molecular weight is 355 g/mol. The van der Waals surface area contributed by atoms with Gasteiger partial charge in [-0.05, 0) is 36.2 Å². The molecule has 1 aromatic heterocycles. The van der Waals surface area contributed by atoms with E-state index in [2.05, 4.69) is 17.2 Å². The van der Waals surface area contributed by atoms with Gasteiger partial charge in [-0.3, -0.25) is 4.79 Å². The van der Waals surface area contributed by atoms with E-state index in [-0.39, 0.29) is 5.91 Å². The van der Waals surface area contributed by atoms with Crippen LogP contribution in [0.2, 0.25) is 0 Å². The summed E-state index contributed by atoms with van der Waals surface area (Å²) in [4.78, 5) is 17.9. The normalized spacial score (nSPS) is 10.5. The first kappa shape index (κ1) is 16.7. The zero-order valence-corrected chi connectivity index (χ0v) is 15.0. The van der Waals surface area contributed by atoms with Gasteiger partial charge >= 0.3 is 0 Å². The van der Waals surface area contributed by atoms with Crippen LogP contribution in [0.4, 0.5) is 5.69 Å². The highest BCUT2D eigenvalue weighted by Gasteiger charge is 2.12. The molecule has 0 aliphatic heterocycles. The summed E-state index contributed by atoms with van der Waals surface area (Å²) in [5.74, 6) is 0.680. The fourth-order valence-electron chi connectivity index (χ4n) is 2.26. The summed E-state index contributed by atoms with van der Waals surface area (Å²) in [6, 6.07) is 15.7. The van der Waals surface area contributed by atoms with Crippen molar-refractivity contribution in [1.82, 2.24) is 4.98 Å². The van der Waals surface area contributed by atoms with Crippen molar-refractivity contribution < 1.29 is 4.79 Å². The van der Waals surface area contributed by atoms with E-state index in [9.17, 15) is 4.79 Å². The molecule has 2 aromatic carbocycles. The van der Waals surface area contributed by atoms with Crippen molar-refractivity contribution in [3.63, 3.8) is 0 Å². The SMILES string of the molecule is CCc1ccc(NC(=O)c2ccccc2SCc2cscn2)cc1. The van der Waals surface area contributed by atoms with E-state index in [1.807, 2.05) is 59.4 Å². The maximum absolute atomic E-state index is 12.6. The second-order valence-electron chi connectivity index (χ2n) is 5.27. The summed E-state index contributed by atoms with van der Waals surface area (Å²) in [6.07, 6.45) is 0.990. The number of nitrogens with zero attached hydrogens (tertiary/aromatic N) is 1. The van der Waals surface area contributed by atoms with Crippen molar-refractivity contribution in [3.8, 4) is 0 Å². The van der Waals surface area contributed by atoms with E-state index in [1.54, 1.807) is 23.1 Å². The summed E-state index contributed by atoms with van der Waals surface area (Å²) < 4.78 is 0. The molecule has 0 saturated heterocycles. The van der Waals surface area contributed by atoms with Crippen LogP contribution >= 0.6 is 23.1 Å². The van der Waals surface area contributed by atoms with Crippen molar-refractivity contribution >= 4 is 34.7 Å². The van der Waals surface area contributed by atoms with Crippen LogP contribution in [0.25, 0.3) is 0 Å². The number of nitrogens with one attached hydrogen (secondary N) is 1. The molecule has 122 valence electrons. The molecule has 0 aliphatic rings. The number of hydrogen-bond donors (Lipinski definition) is 1. The number of carbonyl (C=O) groups is 1. The molecule has 1 N–H and O–H groups in total. The second kappa shape index (κ2) is 8.13. The highest BCUT2D eigenvalue weighted by atomic mass is 32.2. The smallest absolute Gasteiger partial charge is 0.256 e. The standard InChI is InChI=1S/C19H18N2OS2/c1-2-14-7-9-15(10-8-14)21-19(22)17-5-3-4-6-18(17)24-12-16-11-23-13-20-16/h3-11,13H,2,12H2,1H3,(H,21,22). The highest BCUT2D eigenvalue weighted by molar-refractivity contribution is 7.98. The van der Waals surface area contributed by atoms with Gasteiger partial charge in [0.2, 0.25) is 0 Å². The molecular weight excluding hydrogens is 336 g/mol. The van der Waals surface area contributed by atoms with Crippen LogP contribution in [-0.4, -0.2) is 10.9 Å².